The summed E-state index contributed by atoms with van der Waals surface area (Å²) in [4.78, 5) is 11.6. The molecular formula is C20H24N6O2. The molecule has 0 fully saturated rings. The van der Waals surface area contributed by atoms with Gasteiger partial charge in [0.05, 0.1) is 6.61 Å². The number of aromatic nitrogens is 3. The molecule has 0 aliphatic heterocycles. The molecule has 0 aliphatic carbocycles. The van der Waals surface area contributed by atoms with Gasteiger partial charge in [-0.25, -0.2) is 0 Å². The van der Waals surface area contributed by atoms with Gasteiger partial charge in [0.1, 0.15) is 18.1 Å². The van der Waals surface area contributed by atoms with Crippen molar-refractivity contribution in [2.75, 3.05) is 29.9 Å². The summed E-state index contributed by atoms with van der Waals surface area (Å²) >= 11 is 0. The van der Waals surface area contributed by atoms with Gasteiger partial charge in [-0.15, -0.1) is 0 Å². The number of nitrogens with one attached hydrogen (secondary N) is 1. The molecule has 28 heavy (non-hydrogen) atoms. The zero-order valence-electron chi connectivity index (χ0n) is 15.5. The second-order valence-electron chi connectivity index (χ2n) is 6.10. The number of unbranched alkanes of at least 4 members (excludes halogenated alkanes) is 1. The predicted molar refractivity (Wildman–Crippen MR) is 109 cm³/mol. The Hall–Kier alpha value is -3.55. The number of anilines is 3. The summed E-state index contributed by atoms with van der Waals surface area (Å²) < 4.78 is 11.5. The number of nitrogen functional groups attached to an aromatic ring is 2. The third kappa shape index (κ3) is 6.31. The average Bonchev–Trinajstić information content (AvgIpc) is 2.70. The summed E-state index contributed by atoms with van der Waals surface area (Å²) in [6, 6.07) is 17.7. The highest BCUT2D eigenvalue weighted by atomic mass is 16.5. The molecule has 3 aromatic rings. The van der Waals surface area contributed by atoms with Gasteiger partial charge in [-0.3, -0.25) is 0 Å². The molecule has 3 rings (SSSR count). The maximum atomic E-state index is 5.77. The molecule has 5 N–H and O–H groups in total. The van der Waals surface area contributed by atoms with E-state index in [0.717, 1.165) is 29.9 Å². The Kier molecular flexibility index (Phi) is 6.84. The summed E-state index contributed by atoms with van der Waals surface area (Å²) in [6.45, 7) is 1.86. The van der Waals surface area contributed by atoms with Crippen molar-refractivity contribution in [3.05, 3.63) is 60.2 Å². The van der Waals surface area contributed by atoms with Gasteiger partial charge in [0, 0.05) is 6.54 Å². The summed E-state index contributed by atoms with van der Waals surface area (Å²) in [7, 11) is 0. The Morgan fingerprint density at radius 2 is 1.39 bits per heavy atom. The highest BCUT2D eigenvalue weighted by Gasteiger charge is 2.01. The standard InChI is InChI=1S/C20H24N6O2/c21-18-24-19(22)26-20(25-18)23-12-4-5-13-27-16-8-10-17(11-9-16)28-14-15-6-2-1-3-7-15/h1-3,6-11H,4-5,12-14H2,(H5,21,22,23,24,25,26). The van der Waals surface area contributed by atoms with E-state index in [9.17, 15) is 0 Å². The summed E-state index contributed by atoms with van der Waals surface area (Å²) in [5, 5.41) is 3.07. The van der Waals surface area contributed by atoms with E-state index < -0.39 is 0 Å². The number of rotatable bonds is 10. The first-order valence-corrected chi connectivity index (χ1v) is 9.09. The van der Waals surface area contributed by atoms with Crippen molar-refractivity contribution in [2.24, 2.45) is 0 Å². The number of ether oxygens (including phenoxy) is 2. The van der Waals surface area contributed by atoms with Crippen LogP contribution >= 0.6 is 0 Å². The normalized spacial score (nSPS) is 10.4. The fourth-order valence-corrected chi connectivity index (χ4v) is 2.48. The van der Waals surface area contributed by atoms with E-state index in [1.54, 1.807) is 0 Å². The van der Waals surface area contributed by atoms with E-state index in [2.05, 4.69) is 20.3 Å². The van der Waals surface area contributed by atoms with Gasteiger partial charge in [-0.1, -0.05) is 30.3 Å². The molecule has 0 aliphatic rings. The number of nitrogens with two attached hydrogens (primary N) is 2. The van der Waals surface area contributed by atoms with Gasteiger partial charge in [-0.05, 0) is 42.7 Å². The van der Waals surface area contributed by atoms with E-state index in [4.69, 9.17) is 20.9 Å². The minimum atomic E-state index is 0.106. The monoisotopic (exact) mass is 380 g/mol. The zero-order valence-corrected chi connectivity index (χ0v) is 15.5. The summed E-state index contributed by atoms with van der Waals surface area (Å²) in [5.41, 5.74) is 12.2. The summed E-state index contributed by atoms with van der Waals surface area (Å²) in [6.07, 6.45) is 1.78. The van der Waals surface area contributed by atoms with Gasteiger partial charge in [0.15, 0.2) is 0 Å². The van der Waals surface area contributed by atoms with Crippen LogP contribution in [-0.2, 0) is 6.61 Å². The Morgan fingerprint density at radius 1 is 0.750 bits per heavy atom. The molecule has 0 bridgehead atoms. The molecule has 0 atom stereocenters. The first kappa shape index (κ1) is 19.2. The van der Waals surface area contributed by atoms with Crippen LogP contribution in [0.25, 0.3) is 0 Å². The largest absolute Gasteiger partial charge is 0.494 e. The Morgan fingerprint density at radius 3 is 2.07 bits per heavy atom. The molecule has 0 amide bonds. The number of hydrogen-bond acceptors (Lipinski definition) is 8. The van der Waals surface area contributed by atoms with Crippen LogP contribution in [0.15, 0.2) is 54.6 Å². The minimum Gasteiger partial charge on any atom is -0.494 e. The van der Waals surface area contributed by atoms with E-state index in [0.29, 0.717) is 25.7 Å². The van der Waals surface area contributed by atoms with Crippen LogP contribution in [0.1, 0.15) is 18.4 Å². The third-order valence-electron chi connectivity index (χ3n) is 3.87. The van der Waals surface area contributed by atoms with E-state index >= 15 is 0 Å². The fourth-order valence-electron chi connectivity index (χ4n) is 2.48. The quantitative estimate of drug-likeness (QED) is 0.459. The molecular weight excluding hydrogens is 356 g/mol. The second kappa shape index (κ2) is 9.96. The van der Waals surface area contributed by atoms with Crippen LogP contribution < -0.4 is 26.3 Å². The van der Waals surface area contributed by atoms with Crippen molar-refractivity contribution in [1.29, 1.82) is 0 Å². The molecule has 0 unspecified atom stereocenters. The van der Waals surface area contributed by atoms with Crippen LogP contribution in [0.3, 0.4) is 0 Å². The van der Waals surface area contributed by atoms with Crippen molar-refractivity contribution in [3.63, 3.8) is 0 Å². The molecule has 0 radical (unpaired) electrons. The number of benzene rings is 2. The van der Waals surface area contributed by atoms with E-state index in [1.165, 1.54) is 0 Å². The van der Waals surface area contributed by atoms with Crippen molar-refractivity contribution >= 4 is 17.8 Å². The van der Waals surface area contributed by atoms with Crippen LogP contribution in [0.5, 0.6) is 11.5 Å². The minimum absolute atomic E-state index is 0.106. The fraction of sp³-hybridized carbons (Fsp3) is 0.250. The lowest BCUT2D eigenvalue weighted by Crippen LogP contribution is -2.11. The number of nitrogens with zero attached hydrogens (tertiary/aromatic N) is 3. The van der Waals surface area contributed by atoms with Gasteiger partial charge < -0.3 is 26.3 Å². The Bertz CT molecular complexity index is 838. The van der Waals surface area contributed by atoms with Crippen LogP contribution in [0.4, 0.5) is 17.8 Å². The second-order valence-corrected chi connectivity index (χ2v) is 6.10. The molecule has 1 heterocycles. The SMILES string of the molecule is Nc1nc(N)nc(NCCCCOc2ccc(OCc3ccccc3)cc2)n1. The lowest BCUT2D eigenvalue weighted by molar-refractivity contribution is 0.298. The topological polar surface area (TPSA) is 121 Å². The molecule has 2 aromatic carbocycles. The van der Waals surface area contributed by atoms with Crippen LogP contribution in [0.2, 0.25) is 0 Å². The van der Waals surface area contributed by atoms with Crippen molar-refractivity contribution in [1.82, 2.24) is 15.0 Å². The first-order valence-electron chi connectivity index (χ1n) is 9.09. The molecule has 0 saturated heterocycles. The van der Waals surface area contributed by atoms with E-state index in [-0.39, 0.29) is 11.9 Å². The van der Waals surface area contributed by atoms with Crippen molar-refractivity contribution in [3.8, 4) is 11.5 Å². The Balaban J connectivity index is 1.31. The smallest absolute Gasteiger partial charge is 0.229 e. The molecule has 0 spiro atoms. The van der Waals surface area contributed by atoms with Gasteiger partial charge >= 0.3 is 0 Å². The highest BCUT2D eigenvalue weighted by Crippen LogP contribution is 2.19. The first-order chi connectivity index (χ1) is 13.7. The molecule has 8 heteroatoms. The molecule has 1 aromatic heterocycles. The zero-order chi connectivity index (χ0) is 19.6. The van der Waals surface area contributed by atoms with Gasteiger partial charge in [0.2, 0.25) is 17.8 Å². The average molecular weight is 380 g/mol. The van der Waals surface area contributed by atoms with Crippen molar-refractivity contribution in [2.45, 2.75) is 19.4 Å². The number of hydrogen-bond donors (Lipinski definition) is 3. The Labute approximate surface area is 163 Å². The highest BCUT2D eigenvalue weighted by molar-refractivity contribution is 5.37. The van der Waals surface area contributed by atoms with Gasteiger partial charge in [-0.2, -0.15) is 15.0 Å². The molecule has 146 valence electrons. The third-order valence-corrected chi connectivity index (χ3v) is 3.87. The van der Waals surface area contributed by atoms with Crippen LogP contribution in [0, 0.1) is 0 Å². The maximum absolute atomic E-state index is 5.77. The lowest BCUT2D eigenvalue weighted by atomic mass is 10.2. The lowest BCUT2D eigenvalue weighted by Gasteiger charge is -2.09. The predicted octanol–water partition coefficient (Wildman–Crippen LogP) is 2.89. The summed E-state index contributed by atoms with van der Waals surface area (Å²) in [5.74, 6) is 2.23. The van der Waals surface area contributed by atoms with Crippen LogP contribution in [-0.4, -0.2) is 28.1 Å². The van der Waals surface area contributed by atoms with Crippen molar-refractivity contribution < 1.29 is 9.47 Å². The molecule has 0 saturated carbocycles. The van der Waals surface area contributed by atoms with E-state index in [1.807, 2.05) is 54.6 Å². The molecule has 8 nitrogen and oxygen atoms in total. The van der Waals surface area contributed by atoms with Gasteiger partial charge in [0.25, 0.3) is 0 Å². The maximum Gasteiger partial charge on any atom is 0.229 e.